The third kappa shape index (κ3) is 10.3. The zero-order valence-corrected chi connectivity index (χ0v) is 18.7. The number of quaternary nitrogens is 1. The molecule has 3 heterocycles. The standard InChI is InChI=1S/C9H20N.C7H15N.C7H9N/c1-8-5-9(2)7-10(3,4)6-8;2*1-6-3-7(2)5-8-4-6/h8-9H,5-7H2,1-4H3;6-8H,3-5H2,1-2H3;3-5H,1-2H3/q+1;;/t8-,9+;6-,7+;. The number of hydrogen-bond acceptors (Lipinski definition) is 2. The van der Waals surface area contributed by atoms with Crippen molar-refractivity contribution in [2.24, 2.45) is 23.7 Å². The first-order valence-electron chi connectivity index (χ1n) is 10.5. The summed E-state index contributed by atoms with van der Waals surface area (Å²) in [5.74, 6) is 3.66. The van der Waals surface area contributed by atoms with E-state index in [0.29, 0.717) is 0 Å². The van der Waals surface area contributed by atoms with Crippen molar-refractivity contribution in [1.29, 1.82) is 0 Å². The molecule has 2 aliphatic rings. The van der Waals surface area contributed by atoms with E-state index in [0.717, 1.165) is 23.7 Å². The molecule has 0 saturated carbocycles. The minimum absolute atomic E-state index is 0.902. The quantitative estimate of drug-likeness (QED) is 0.677. The van der Waals surface area contributed by atoms with Gasteiger partial charge < -0.3 is 9.80 Å². The molecule has 0 unspecified atom stereocenters. The molecule has 0 spiro atoms. The van der Waals surface area contributed by atoms with Crippen LogP contribution in [0.2, 0.25) is 0 Å². The van der Waals surface area contributed by atoms with E-state index in [9.17, 15) is 0 Å². The molecule has 2 aliphatic heterocycles. The molecular formula is C23H44N3+. The minimum atomic E-state index is 0.902. The van der Waals surface area contributed by atoms with Crippen molar-refractivity contribution in [3.63, 3.8) is 0 Å². The van der Waals surface area contributed by atoms with Gasteiger partial charge in [0.2, 0.25) is 0 Å². The average Bonchev–Trinajstić information content (AvgIpc) is 2.45. The molecule has 1 aromatic rings. The van der Waals surface area contributed by atoms with Crippen LogP contribution < -0.4 is 5.32 Å². The van der Waals surface area contributed by atoms with Gasteiger partial charge in [-0.3, -0.25) is 4.98 Å². The summed E-state index contributed by atoms with van der Waals surface area (Å²) in [5.41, 5.74) is 2.45. The summed E-state index contributed by atoms with van der Waals surface area (Å²) in [6, 6.07) is 2.10. The second-order valence-electron chi connectivity index (χ2n) is 9.89. The van der Waals surface area contributed by atoms with Crippen molar-refractivity contribution in [3.05, 3.63) is 29.6 Å². The molecule has 2 fully saturated rings. The Morgan fingerprint density at radius 1 is 0.808 bits per heavy atom. The van der Waals surface area contributed by atoms with Crippen molar-refractivity contribution < 1.29 is 4.48 Å². The summed E-state index contributed by atoms with van der Waals surface area (Å²) < 4.78 is 1.22. The number of hydrogen-bond donors (Lipinski definition) is 1. The molecule has 2 saturated heterocycles. The van der Waals surface area contributed by atoms with Gasteiger partial charge in [0.15, 0.2) is 0 Å². The van der Waals surface area contributed by atoms with Crippen molar-refractivity contribution in [1.82, 2.24) is 10.3 Å². The normalized spacial score (nSPS) is 30.3. The first-order chi connectivity index (χ1) is 12.1. The molecular weight excluding hydrogens is 318 g/mol. The Labute approximate surface area is 163 Å². The van der Waals surface area contributed by atoms with Gasteiger partial charge in [0.25, 0.3) is 0 Å². The van der Waals surface area contributed by atoms with Gasteiger partial charge in [-0.15, -0.1) is 0 Å². The minimum Gasteiger partial charge on any atom is -0.328 e. The summed E-state index contributed by atoms with van der Waals surface area (Å²) in [5, 5.41) is 3.38. The Morgan fingerprint density at radius 3 is 1.50 bits per heavy atom. The van der Waals surface area contributed by atoms with Gasteiger partial charge in [0.1, 0.15) is 0 Å². The Hall–Kier alpha value is -0.930. The fourth-order valence-electron chi connectivity index (χ4n) is 4.73. The predicted octanol–water partition coefficient (Wildman–Crippen LogP) is 4.69. The Morgan fingerprint density at radius 2 is 1.23 bits per heavy atom. The number of nitrogens with zero attached hydrogens (tertiary/aromatic N) is 2. The van der Waals surface area contributed by atoms with Crippen LogP contribution in [0.25, 0.3) is 0 Å². The van der Waals surface area contributed by atoms with Crippen LogP contribution in [0.3, 0.4) is 0 Å². The molecule has 3 rings (SSSR count). The lowest BCUT2D eigenvalue weighted by Crippen LogP contribution is -2.49. The number of aryl methyl sites for hydroxylation is 2. The van der Waals surface area contributed by atoms with E-state index in [1.165, 1.54) is 54.6 Å². The second-order valence-corrected chi connectivity index (χ2v) is 9.89. The van der Waals surface area contributed by atoms with Crippen molar-refractivity contribution in [2.45, 2.75) is 54.4 Å². The number of likely N-dealkylation sites (tertiary alicyclic amines) is 1. The maximum absolute atomic E-state index is 3.98. The Kier molecular flexibility index (Phi) is 9.81. The molecule has 4 atom stereocenters. The molecule has 26 heavy (non-hydrogen) atoms. The van der Waals surface area contributed by atoms with E-state index >= 15 is 0 Å². The van der Waals surface area contributed by atoms with Crippen molar-refractivity contribution in [3.8, 4) is 0 Å². The topological polar surface area (TPSA) is 24.9 Å². The van der Waals surface area contributed by atoms with E-state index in [1.54, 1.807) is 0 Å². The van der Waals surface area contributed by atoms with Gasteiger partial charge in [0.05, 0.1) is 27.2 Å². The second kappa shape index (κ2) is 11.0. The summed E-state index contributed by atoms with van der Waals surface area (Å²) in [7, 11) is 4.68. The van der Waals surface area contributed by atoms with Gasteiger partial charge in [-0.2, -0.15) is 0 Å². The highest BCUT2D eigenvalue weighted by Gasteiger charge is 2.28. The highest BCUT2D eigenvalue weighted by molar-refractivity contribution is 5.14. The zero-order valence-electron chi connectivity index (χ0n) is 18.7. The largest absolute Gasteiger partial charge is 0.328 e. The molecule has 0 amide bonds. The zero-order chi connectivity index (χ0) is 19.7. The van der Waals surface area contributed by atoms with Crippen LogP contribution in [0.5, 0.6) is 0 Å². The maximum atomic E-state index is 3.98. The highest BCUT2D eigenvalue weighted by atomic mass is 15.3. The molecule has 0 aromatic carbocycles. The monoisotopic (exact) mass is 362 g/mol. The number of pyridine rings is 1. The molecule has 0 aliphatic carbocycles. The maximum Gasteiger partial charge on any atom is 0.0808 e. The molecule has 150 valence electrons. The third-order valence-electron chi connectivity index (χ3n) is 5.22. The number of aromatic nitrogens is 1. The average molecular weight is 363 g/mol. The van der Waals surface area contributed by atoms with Gasteiger partial charge in [-0.25, -0.2) is 0 Å². The lowest BCUT2D eigenvalue weighted by atomic mass is 9.91. The van der Waals surface area contributed by atoms with E-state index in [-0.39, 0.29) is 0 Å². The van der Waals surface area contributed by atoms with Crippen molar-refractivity contribution in [2.75, 3.05) is 40.3 Å². The van der Waals surface area contributed by atoms with Gasteiger partial charge >= 0.3 is 0 Å². The SMILES string of the molecule is C[C@@H]1CNC[C@H](C)C1.C[C@@H]1C[C@H](C)C[N+](C)(C)C1.Cc1cncc(C)c1. The van der Waals surface area contributed by atoms with E-state index in [4.69, 9.17) is 0 Å². The van der Waals surface area contributed by atoms with Gasteiger partial charge in [0, 0.05) is 24.2 Å². The predicted molar refractivity (Wildman–Crippen MR) is 114 cm³/mol. The van der Waals surface area contributed by atoms with Gasteiger partial charge in [-0.1, -0.05) is 33.8 Å². The fraction of sp³-hybridized carbons (Fsp3) is 0.783. The van der Waals surface area contributed by atoms with Crippen LogP contribution in [-0.2, 0) is 0 Å². The fourth-order valence-corrected chi connectivity index (χ4v) is 4.73. The number of piperidine rings is 2. The van der Waals surface area contributed by atoms with Crippen LogP contribution in [0.4, 0.5) is 0 Å². The summed E-state index contributed by atoms with van der Waals surface area (Å²) in [6.45, 7) is 18.6. The first kappa shape index (κ1) is 23.1. The summed E-state index contributed by atoms with van der Waals surface area (Å²) >= 11 is 0. The molecule has 3 nitrogen and oxygen atoms in total. The highest BCUT2D eigenvalue weighted by Crippen LogP contribution is 2.23. The van der Waals surface area contributed by atoms with Crippen LogP contribution in [0, 0.1) is 37.5 Å². The Balaban J connectivity index is 0.000000197. The lowest BCUT2D eigenvalue weighted by Gasteiger charge is -2.40. The van der Waals surface area contributed by atoms with Crippen LogP contribution >= 0.6 is 0 Å². The van der Waals surface area contributed by atoms with E-state index in [2.05, 4.69) is 58.2 Å². The molecule has 1 N–H and O–H groups in total. The number of nitrogens with one attached hydrogen (secondary N) is 1. The van der Waals surface area contributed by atoms with Crippen LogP contribution in [0.1, 0.15) is 51.7 Å². The van der Waals surface area contributed by atoms with E-state index in [1.807, 2.05) is 26.2 Å². The van der Waals surface area contributed by atoms with Crippen molar-refractivity contribution >= 4 is 0 Å². The molecule has 1 aromatic heterocycles. The lowest BCUT2D eigenvalue weighted by molar-refractivity contribution is -0.902. The molecule has 0 radical (unpaired) electrons. The summed E-state index contributed by atoms with van der Waals surface area (Å²) in [6.07, 6.45) is 6.55. The molecule has 3 heteroatoms. The smallest absolute Gasteiger partial charge is 0.0808 e. The summed E-state index contributed by atoms with van der Waals surface area (Å²) in [4.78, 5) is 3.98. The number of rotatable bonds is 0. The Bertz CT molecular complexity index is 475. The third-order valence-corrected chi connectivity index (χ3v) is 5.22. The molecule has 0 bridgehead atoms. The van der Waals surface area contributed by atoms with E-state index < -0.39 is 0 Å². The van der Waals surface area contributed by atoms with Gasteiger partial charge in [-0.05, 0) is 62.7 Å². The van der Waals surface area contributed by atoms with Crippen LogP contribution in [0.15, 0.2) is 18.5 Å². The van der Waals surface area contributed by atoms with Crippen LogP contribution in [-0.4, -0.2) is 49.7 Å². The first-order valence-corrected chi connectivity index (χ1v) is 10.5.